The topological polar surface area (TPSA) is 96.1 Å². The van der Waals surface area contributed by atoms with Gasteiger partial charge in [-0.15, -0.1) is 0 Å². The maximum atomic E-state index is 9.80. The first-order valence-corrected chi connectivity index (χ1v) is 6.35. The third-order valence-electron chi connectivity index (χ3n) is 2.92. The number of rotatable bonds is 2. The fourth-order valence-electron chi connectivity index (χ4n) is 1.80. The van der Waals surface area contributed by atoms with Crippen molar-refractivity contribution in [1.82, 2.24) is 0 Å². The summed E-state index contributed by atoms with van der Waals surface area (Å²) in [6, 6.07) is 9.55. The van der Waals surface area contributed by atoms with Gasteiger partial charge in [0.15, 0.2) is 0 Å². The molecular weight excluding hydrogens is 240 g/mol. The molecule has 1 amide bonds. The fraction of sp³-hybridized carbons (Fsp3) is 0.429. The zero-order valence-corrected chi connectivity index (χ0v) is 11.2. The van der Waals surface area contributed by atoms with Crippen LogP contribution in [-0.4, -0.2) is 25.0 Å². The van der Waals surface area contributed by atoms with Crippen molar-refractivity contribution >= 4 is 11.6 Å². The minimum atomic E-state index is -0.509. The van der Waals surface area contributed by atoms with Crippen LogP contribution in [0.3, 0.4) is 0 Å². The van der Waals surface area contributed by atoms with Crippen molar-refractivity contribution in [3.63, 3.8) is 0 Å². The number of primary amides is 1. The number of nitrogens with two attached hydrogens (primary N) is 2. The minimum Gasteiger partial charge on any atom is -0.370 e. The Morgan fingerprint density at radius 1 is 1.37 bits per heavy atom. The highest BCUT2D eigenvalue weighted by molar-refractivity contribution is 5.78. The van der Waals surface area contributed by atoms with E-state index in [0.717, 1.165) is 24.3 Å². The van der Waals surface area contributed by atoms with Crippen LogP contribution >= 0.6 is 0 Å². The molecule has 1 atom stereocenters. The Hall–Kier alpha value is -2.06. The van der Waals surface area contributed by atoms with Gasteiger partial charge >= 0.3 is 0 Å². The first-order valence-electron chi connectivity index (χ1n) is 6.35. The van der Waals surface area contributed by atoms with Gasteiger partial charge < -0.3 is 16.4 Å². The van der Waals surface area contributed by atoms with Crippen LogP contribution in [0.2, 0.25) is 0 Å². The highest BCUT2D eigenvalue weighted by atomic mass is 16.1. The molecule has 102 valence electrons. The molecule has 0 aliphatic carbocycles. The second kappa shape index (κ2) is 7.39. The minimum absolute atomic E-state index is 0.463. The Morgan fingerprint density at radius 3 is 2.37 bits per heavy atom. The van der Waals surface area contributed by atoms with E-state index in [1.54, 1.807) is 6.92 Å². The lowest BCUT2D eigenvalue weighted by molar-refractivity contribution is -0.118. The second-order valence-electron chi connectivity index (χ2n) is 4.51. The molecule has 1 fully saturated rings. The molecular formula is C14H20N4O. The van der Waals surface area contributed by atoms with Gasteiger partial charge in [-0.25, -0.2) is 0 Å². The number of anilines is 1. The molecule has 5 heteroatoms. The predicted octanol–water partition coefficient (Wildman–Crippen LogP) is 0.977. The van der Waals surface area contributed by atoms with Gasteiger partial charge in [0.05, 0.1) is 17.3 Å². The zero-order valence-electron chi connectivity index (χ0n) is 11.2. The first kappa shape index (κ1) is 15.0. The number of amides is 1. The fourth-order valence-corrected chi connectivity index (χ4v) is 1.80. The van der Waals surface area contributed by atoms with E-state index < -0.39 is 11.9 Å². The smallest absolute Gasteiger partial charge is 0.234 e. The molecule has 0 radical (unpaired) electrons. The van der Waals surface area contributed by atoms with Gasteiger partial charge in [-0.2, -0.15) is 5.26 Å². The molecule has 0 spiro atoms. The Bertz CT molecular complexity index is 459. The van der Waals surface area contributed by atoms with Crippen LogP contribution in [0.1, 0.15) is 25.3 Å². The van der Waals surface area contributed by atoms with Crippen LogP contribution in [0.5, 0.6) is 0 Å². The molecule has 1 aromatic carbocycles. The van der Waals surface area contributed by atoms with Gasteiger partial charge in [-0.1, -0.05) is 12.1 Å². The van der Waals surface area contributed by atoms with Crippen molar-refractivity contribution in [2.45, 2.75) is 25.8 Å². The summed E-state index contributed by atoms with van der Waals surface area (Å²) in [5.41, 5.74) is 11.5. The third kappa shape index (κ3) is 4.60. The van der Waals surface area contributed by atoms with Crippen molar-refractivity contribution in [1.29, 1.82) is 5.26 Å². The van der Waals surface area contributed by atoms with Gasteiger partial charge in [-0.3, -0.25) is 4.79 Å². The lowest BCUT2D eigenvalue weighted by Crippen LogP contribution is -2.32. The van der Waals surface area contributed by atoms with Crippen LogP contribution in [0, 0.1) is 11.3 Å². The van der Waals surface area contributed by atoms with E-state index in [-0.39, 0.29) is 0 Å². The number of carbonyl (C=O) groups excluding carboxylic acids is 1. The first-order chi connectivity index (χ1) is 9.06. The molecule has 1 aliphatic rings. The van der Waals surface area contributed by atoms with Crippen molar-refractivity contribution in [2.24, 2.45) is 11.5 Å². The summed E-state index contributed by atoms with van der Waals surface area (Å²) in [4.78, 5) is 12.1. The normalized spacial score (nSPS) is 15.1. The number of nitrogens with zero attached hydrogens (tertiary/aromatic N) is 2. The summed E-state index contributed by atoms with van der Waals surface area (Å²) in [5.74, 6) is -0.463. The molecule has 19 heavy (non-hydrogen) atoms. The monoisotopic (exact) mass is 260 g/mol. The summed E-state index contributed by atoms with van der Waals surface area (Å²) in [6.07, 6.45) is 2.50. The summed E-state index contributed by atoms with van der Waals surface area (Å²) in [7, 11) is 0. The van der Waals surface area contributed by atoms with E-state index in [1.807, 2.05) is 24.3 Å². The highest BCUT2D eigenvalue weighted by Crippen LogP contribution is 2.23. The summed E-state index contributed by atoms with van der Waals surface area (Å²) < 4.78 is 0. The van der Waals surface area contributed by atoms with Gasteiger partial charge in [-0.05, 0) is 31.9 Å². The number of hydrogen-bond donors (Lipinski definition) is 2. The van der Waals surface area contributed by atoms with Crippen LogP contribution in [0.15, 0.2) is 24.3 Å². The largest absolute Gasteiger partial charge is 0.370 e. The standard InChI is InChI=1S/C11H12N2.C3H8N2O/c12-9-10-5-1-2-6-11(10)13-7-3-4-8-13;1-2(4)3(5)6/h1-2,5-6H,3-4,7-8H2;2H,4H2,1H3,(H2,5,6). The molecule has 1 aliphatic heterocycles. The lowest BCUT2D eigenvalue weighted by Gasteiger charge is -2.18. The molecule has 1 unspecified atom stereocenters. The number of para-hydroxylation sites is 1. The van der Waals surface area contributed by atoms with Crippen LogP contribution in [0.4, 0.5) is 5.69 Å². The number of carbonyl (C=O) groups is 1. The number of hydrogen-bond acceptors (Lipinski definition) is 4. The Balaban J connectivity index is 0.000000258. The van der Waals surface area contributed by atoms with Crippen molar-refractivity contribution in [3.8, 4) is 6.07 Å². The predicted molar refractivity (Wildman–Crippen MR) is 75.4 cm³/mol. The van der Waals surface area contributed by atoms with Crippen LogP contribution in [0.25, 0.3) is 0 Å². The maximum Gasteiger partial charge on any atom is 0.234 e. The quantitative estimate of drug-likeness (QED) is 0.828. The average Bonchev–Trinajstić information content (AvgIpc) is 2.93. The summed E-state index contributed by atoms with van der Waals surface area (Å²) >= 11 is 0. The summed E-state index contributed by atoms with van der Waals surface area (Å²) in [5, 5.41) is 8.90. The molecule has 1 aromatic rings. The van der Waals surface area contributed by atoms with Gasteiger partial charge in [0.25, 0.3) is 0 Å². The van der Waals surface area contributed by atoms with Crippen LogP contribution in [-0.2, 0) is 4.79 Å². The Morgan fingerprint density at radius 2 is 1.89 bits per heavy atom. The molecule has 0 saturated carbocycles. The lowest BCUT2D eigenvalue weighted by atomic mass is 10.2. The molecule has 1 heterocycles. The number of benzene rings is 1. The SMILES string of the molecule is CC(N)C(N)=O.N#Cc1ccccc1N1CCCC1. The van der Waals surface area contributed by atoms with Crippen molar-refractivity contribution in [2.75, 3.05) is 18.0 Å². The third-order valence-corrected chi connectivity index (χ3v) is 2.92. The van der Waals surface area contributed by atoms with Crippen LogP contribution < -0.4 is 16.4 Å². The molecule has 1 saturated heterocycles. The number of nitriles is 1. The van der Waals surface area contributed by atoms with Crippen molar-refractivity contribution in [3.05, 3.63) is 29.8 Å². The molecule has 0 bridgehead atoms. The second-order valence-corrected chi connectivity index (χ2v) is 4.51. The zero-order chi connectivity index (χ0) is 14.3. The van der Waals surface area contributed by atoms with Crippen molar-refractivity contribution < 1.29 is 4.79 Å². The molecule has 2 rings (SSSR count). The van der Waals surface area contributed by atoms with E-state index in [1.165, 1.54) is 12.8 Å². The maximum absolute atomic E-state index is 9.80. The van der Waals surface area contributed by atoms with Gasteiger partial charge in [0.1, 0.15) is 6.07 Å². The average molecular weight is 260 g/mol. The van der Waals surface area contributed by atoms with E-state index in [9.17, 15) is 4.79 Å². The van der Waals surface area contributed by atoms with Gasteiger partial charge in [0.2, 0.25) is 5.91 Å². The molecule has 4 N–H and O–H groups in total. The van der Waals surface area contributed by atoms with E-state index in [2.05, 4.69) is 16.7 Å². The Labute approximate surface area is 113 Å². The van der Waals surface area contributed by atoms with E-state index >= 15 is 0 Å². The molecule has 0 aromatic heterocycles. The van der Waals surface area contributed by atoms with E-state index in [0.29, 0.717) is 0 Å². The Kier molecular flexibility index (Phi) is 5.83. The molecule has 5 nitrogen and oxygen atoms in total. The summed E-state index contributed by atoms with van der Waals surface area (Å²) in [6.45, 7) is 3.74. The van der Waals surface area contributed by atoms with E-state index in [4.69, 9.17) is 11.0 Å². The highest BCUT2D eigenvalue weighted by Gasteiger charge is 2.14. The van der Waals surface area contributed by atoms with Gasteiger partial charge in [0, 0.05) is 13.1 Å².